The number of hydrogen-bond donors (Lipinski definition) is 0. The third-order valence-electron chi connectivity index (χ3n) is 2.20. The van der Waals surface area contributed by atoms with Crippen molar-refractivity contribution in [2.75, 3.05) is 12.4 Å². The van der Waals surface area contributed by atoms with Crippen molar-refractivity contribution in [2.24, 2.45) is 0 Å². The Morgan fingerprint density at radius 3 is 2.40 bits per heavy atom. The van der Waals surface area contributed by atoms with Crippen LogP contribution in [0.3, 0.4) is 0 Å². The standard InChI is InChI=1S/C13H17BrO/c1-15-13-9-7-12(8-10-13)6-4-2-3-5-11-14/h2-3,7-10H,4-6,11H2,1H3/b3-2+. The molecule has 82 valence electrons. The topological polar surface area (TPSA) is 9.23 Å². The molecule has 0 spiro atoms. The van der Waals surface area contributed by atoms with E-state index in [9.17, 15) is 0 Å². The van der Waals surface area contributed by atoms with Gasteiger partial charge in [-0.1, -0.05) is 40.2 Å². The lowest BCUT2D eigenvalue weighted by Gasteiger charge is -2.01. The van der Waals surface area contributed by atoms with Crippen molar-refractivity contribution in [1.82, 2.24) is 0 Å². The summed E-state index contributed by atoms with van der Waals surface area (Å²) in [6, 6.07) is 8.27. The smallest absolute Gasteiger partial charge is 0.118 e. The summed E-state index contributed by atoms with van der Waals surface area (Å²) in [5, 5.41) is 1.05. The van der Waals surface area contributed by atoms with Gasteiger partial charge in [-0.05, 0) is 37.0 Å². The molecule has 0 aromatic heterocycles. The van der Waals surface area contributed by atoms with Gasteiger partial charge in [0.25, 0.3) is 0 Å². The van der Waals surface area contributed by atoms with Gasteiger partial charge >= 0.3 is 0 Å². The van der Waals surface area contributed by atoms with Crippen LogP contribution in [0.15, 0.2) is 36.4 Å². The maximum Gasteiger partial charge on any atom is 0.118 e. The lowest BCUT2D eigenvalue weighted by Crippen LogP contribution is -1.85. The first-order chi connectivity index (χ1) is 7.36. The maximum atomic E-state index is 5.11. The van der Waals surface area contributed by atoms with E-state index in [0.29, 0.717) is 0 Å². The van der Waals surface area contributed by atoms with E-state index in [4.69, 9.17) is 4.74 Å². The Balaban J connectivity index is 2.31. The molecule has 1 aromatic rings. The Labute approximate surface area is 100 Å². The molecule has 15 heavy (non-hydrogen) atoms. The third kappa shape index (κ3) is 5.03. The van der Waals surface area contributed by atoms with Crippen LogP contribution in [0.1, 0.15) is 18.4 Å². The summed E-state index contributed by atoms with van der Waals surface area (Å²) < 4.78 is 5.11. The van der Waals surface area contributed by atoms with Crippen LogP contribution < -0.4 is 4.74 Å². The van der Waals surface area contributed by atoms with E-state index in [1.54, 1.807) is 7.11 Å². The minimum Gasteiger partial charge on any atom is -0.497 e. The Kier molecular flexibility index (Phi) is 6.17. The van der Waals surface area contributed by atoms with Crippen LogP contribution in [0.2, 0.25) is 0 Å². The van der Waals surface area contributed by atoms with Gasteiger partial charge in [-0.2, -0.15) is 0 Å². The number of allylic oxidation sites excluding steroid dienone is 2. The first-order valence-electron chi connectivity index (χ1n) is 5.20. The van der Waals surface area contributed by atoms with E-state index < -0.39 is 0 Å². The normalized spacial score (nSPS) is 10.8. The Bertz CT molecular complexity index is 290. The van der Waals surface area contributed by atoms with Gasteiger partial charge in [0.2, 0.25) is 0 Å². The zero-order valence-electron chi connectivity index (χ0n) is 9.08. The van der Waals surface area contributed by atoms with E-state index in [1.165, 1.54) is 5.56 Å². The van der Waals surface area contributed by atoms with Crippen molar-refractivity contribution in [3.8, 4) is 5.75 Å². The first kappa shape index (κ1) is 12.3. The number of benzene rings is 1. The Morgan fingerprint density at radius 2 is 1.80 bits per heavy atom. The summed E-state index contributed by atoms with van der Waals surface area (Å²) >= 11 is 3.40. The average molecular weight is 269 g/mol. The molecule has 0 atom stereocenters. The van der Waals surface area contributed by atoms with Crippen LogP contribution in [-0.2, 0) is 6.42 Å². The zero-order chi connectivity index (χ0) is 10.9. The summed E-state index contributed by atoms with van der Waals surface area (Å²) in [6.45, 7) is 0. The van der Waals surface area contributed by atoms with Gasteiger partial charge in [-0.25, -0.2) is 0 Å². The fraction of sp³-hybridized carbons (Fsp3) is 0.385. The highest BCUT2D eigenvalue weighted by Crippen LogP contribution is 2.12. The number of rotatable bonds is 6. The molecule has 0 aliphatic rings. The quantitative estimate of drug-likeness (QED) is 0.561. The lowest BCUT2D eigenvalue weighted by molar-refractivity contribution is 0.414. The van der Waals surface area contributed by atoms with Gasteiger partial charge in [-0.3, -0.25) is 0 Å². The molecule has 1 rings (SSSR count). The molecular formula is C13H17BrO. The third-order valence-corrected chi connectivity index (χ3v) is 2.66. The average Bonchev–Trinajstić information content (AvgIpc) is 2.30. The van der Waals surface area contributed by atoms with E-state index in [1.807, 2.05) is 12.1 Å². The molecule has 1 aromatic carbocycles. The highest BCUT2D eigenvalue weighted by Gasteiger charge is 1.92. The highest BCUT2D eigenvalue weighted by atomic mass is 79.9. The number of methoxy groups -OCH3 is 1. The predicted molar refractivity (Wildman–Crippen MR) is 68.9 cm³/mol. The number of aryl methyl sites for hydroxylation is 1. The molecule has 1 nitrogen and oxygen atoms in total. The van der Waals surface area contributed by atoms with E-state index in [2.05, 4.69) is 40.2 Å². The van der Waals surface area contributed by atoms with Crippen molar-refractivity contribution in [3.63, 3.8) is 0 Å². The molecule has 0 unspecified atom stereocenters. The SMILES string of the molecule is COc1ccc(CC/C=C/CCBr)cc1. The fourth-order valence-corrected chi connectivity index (χ4v) is 1.61. The van der Waals surface area contributed by atoms with E-state index >= 15 is 0 Å². The summed E-state index contributed by atoms with van der Waals surface area (Å²) in [4.78, 5) is 0. The zero-order valence-corrected chi connectivity index (χ0v) is 10.7. The number of ether oxygens (including phenoxy) is 1. The molecule has 0 saturated carbocycles. The molecule has 0 heterocycles. The summed E-state index contributed by atoms with van der Waals surface area (Å²) in [7, 11) is 1.69. The van der Waals surface area contributed by atoms with Crippen LogP contribution in [0.4, 0.5) is 0 Å². The molecule has 2 heteroatoms. The second-order valence-corrected chi connectivity index (χ2v) is 4.13. The molecule has 0 saturated heterocycles. The molecular weight excluding hydrogens is 252 g/mol. The molecule has 0 fully saturated rings. The van der Waals surface area contributed by atoms with Crippen molar-refractivity contribution in [2.45, 2.75) is 19.3 Å². The highest BCUT2D eigenvalue weighted by molar-refractivity contribution is 9.09. The van der Waals surface area contributed by atoms with Crippen molar-refractivity contribution >= 4 is 15.9 Å². The minimum absolute atomic E-state index is 0.925. The molecule has 0 aliphatic heterocycles. The monoisotopic (exact) mass is 268 g/mol. The van der Waals surface area contributed by atoms with Gasteiger partial charge in [0.1, 0.15) is 5.75 Å². The summed E-state index contributed by atoms with van der Waals surface area (Å²) in [6.07, 6.45) is 7.79. The predicted octanol–water partition coefficient (Wildman–Crippen LogP) is 3.97. The molecule has 0 aliphatic carbocycles. The van der Waals surface area contributed by atoms with Crippen molar-refractivity contribution in [3.05, 3.63) is 42.0 Å². The minimum atomic E-state index is 0.925. The second-order valence-electron chi connectivity index (χ2n) is 3.34. The van der Waals surface area contributed by atoms with Crippen molar-refractivity contribution in [1.29, 1.82) is 0 Å². The maximum absolute atomic E-state index is 5.11. The van der Waals surface area contributed by atoms with Crippen LogP contribution in [-0.4, -0.2) is 12.4 Å². The van der Waals surface area contributed by atoms with Crippen LogP contribution in [0.5, 0.6) is 5.75 Å². The summed E-state index contributed by atoms with van der Waals surface area (Å²) in [5.41, 5.74) is 1.36. The largest absolute Gasteiger partial charge is 0.497 e. The fourth-order valence-electron chi connectivity index (χ4n) is 1.34. The van der Waals surface area contributed by atoms with Crippen LogP contribution >= 0.6 is 15.9 Å². The number of halogens is 1. The van der Waals surface area contributed by atoms with Crippen LogP contribution in [0, 0.1) is 0 Å². The van der Waals surface area contributed by atoms with Crippen LogP contribution in [0.25, 0.3) is 0 Å². The molecule has 0 radical (unpaired) electrons. The van der Waals surface area contributed by atoms with Crippen molar-refractivity contribution < 1.29 is 4.74 Å². The van der Waals surface area contributed by atoms with Gasteiger partial charge in [0.15, 0.2) is 0 Å². The van der Waals surface area contributed by atoms with E-state index in [-0.39, 0.29) is 0 Å². The molecule has 0 amide bonds. The Morgan fingerprint density at radius 1 is 1.13 bits per heavy atom. The Hall–Kier alpha value is -0.760. The van der Waals surface area contributed by atoms with Gasteiger partial charge in [0, 0.05) is 5.33 Å². The number of alkyl halides is 1. The van der Waals surface area contributed by atoms with Gasteiger partial charge < -0.3 is 4.74 Å². The summed E-state index contributed by atoms with van der Waals surface area (Å²) in [5.74, 6) is 0.925. The second kappa shape index (κ2) is 7.52. The lowest BCUT2D eigenvalue weighted by atomic mass is 10.1. The van der Waals surface area contributed by atoms with Gasteiger partial charge in [-0.15, -0.1) is 0 Å². The van der Waals surface area contributed by atoms with Gasteiger partial charge in [0.05, 0.1) is 7.11 Å². The first-order valence-corrected chi connectivity index (χ1v) is 6.33. The molecule has 0 bridgehead atoms. The molecule has 0 N–H and O–H groups in total. The van der Waals surface area contributed by atoms with E-state index in [0.717, 1.165) is 30.3 Å². The number of hydrogen-bond acceptors (Lipinski definition) is 1.